The SMILES string of the molecule is COc1ccc(C(NC(=O)CN2C(=O)c3ccccc3N3C(=O)c4ccccc4C23)C(C)C)cc1. The number of ether oxygens (including phenoxy) is 1. The molecule has 3 aromatic carbocycles. The second-order valence-corrected chi connectivity index (χ2v) is 9.15. The van der Waals surface area contributed by atoms with Crippen LogP contribution in [-0.2, 0) is 4.79 Å². The number of rotatable bonds is 6. The Balaban J connectivity index is 1.46. The van der Waals surface area contributed by atoms with Crippen molar-refractivity contribution >= 4 is 23.4 Å². The third-order valence-electron chi connectivity index (χ3n) is 6.65. The van der Waals surface area contributed by atoms with Gasteiger partial charge in [-0.2, -0.15) is 0 Å². The number of para-hydroxylation sites is 1. The predicted octanol–water partition coefficient (Wildman–Crippen LogP) is 4.32. The molecule has 0 aromatic heterocycles. The molecule has 2 heterocycles. The van der Waals surface area contributed by atoms with Crippen LogP contribution in [0.25, 0.3) is 0 Å². The molecule has 35 heavy (non-hydrogen) atoms. The van der Waals surface area contributed by atoms with Gasteiger partial charge in [0.15, 0.2) is 0 Å². The highest BCUT2D eigenvalue weighted by Crippen LogP contribution is 2.45. The molecule has 0 spiro atoms. The van der Waals surface area contributed by atoms with E-state index in [0.29, 0.717) is 16.8 Å². The van der Waals surface area contributed by atoms with E-state index in [1.807, 2.05) is 62.4 Å². The van der Waals surface area contributed by atoms with Crippen molar-refractivity contribution in [2.24, 2.45) is 5.92 Å². The van der Waals surface area contributed by atoms with E-state index in [-0.39, 0.29) is 36.2 Å². The van der Waals surface area contributed by atoms with E-state index in [1.165, 1.54) is 4.90 Å². The van der Waals surface area contributed by atoms with Crippen molar-refractivity contribution in [3.05, 3.63) is 95.1 Å². The van der Waals surface area contributed by atoms with Gasteiger partial charge in [-0.1, -0.05) is 56.3 Å². The number of carbonyl (C=O) groups excluding carboxylic acids is 3. The first-order valence-corrected chi connectivity index (χ1v) is 11.7. The van der Waals surface area contributed by atoms with Crippen LogP contribution in [0.1, 0.15) is 57.9 Å². The molecule has 0 saturated carbocycles. The lowest BCUT2D eigenvalue weighted by atomic mass is 9.96. The van der Waals surface area contributed by atoms with Crippen LogP contribution in [0.3, 0.4) is 0 Å². The zero-order chi connectivity index (χ0) is 24.7. The summed E-state index contributed by atoms with van der Waals surface area (Å²) < 4.78 is 5.25. The average molecular weight is 470 g/mol. The maximum atomic E-state index is 13.6. The molecule has 2 atom stereocenters. The second kappa shape index (κ2) is 8.91. The highest BCUT2D eigenvalue weighted by molar-refractivity contribution is 6.17. The lowest BCUT2D eigenvalue weighted by Crippen LogP contribution is -2.51. The number of benzene rings is 3. The van der Waals surface area contributed by atoms with Gasteiger partial charge in [0, 0.05) is 11.1 Å². The molecule has 3 aromatic rings. The summed E-state index contributed by atoms with van der Waals surface area (Å²) in [4.78, 5) is 43.3. The first kappa shape index (κ1) is 22.7. The summed E-state index contributed by atoms with van der Waals surface area (Å²) >= 11 is 0. The Kier molecular flexibility index (Phi) is 5.76. The number of hydrogen-bond acceptors (Lipinski definition) is 4. The van der Waals surface area contributed by atoms with Crippen LogP contribution in [0.15, 0.2) is 72.8 Å². The summed E-state index contributed by atoms with van der Waals surface area (Å²) in [6.07, 6.45) is -0.662. The number of amides is 3. The lowest BCUT2D eigenvalue weighted by Gasteiger charge is -2.40. The zero-order valence-electron chi connectivity index (χ0n) is 19.9. The van der Waals surface area contributed by atoms with Crippen molar-refractivity contribution in [3.63, 3.8) is 0 Å². The van der Waals surface area contributed by atoms with Gasteiger partial charge < -0.3 is 15.0 Å². The Morgan fingerprint density at radius 2 is 1.57 bits per heavy atom. The number of methoxy groups -OCH3 is 1. The third-order valence-corrected chi connectivity index (χ3v) is 6.65. The molecule has 5 rings (SSSR count). The number of fused-ring (bicyclic) bond motifs is 5. The quantitative estimate of drug-likeness (QED) is 0.583. The van der Waals surface area contributed by atoms with Gasteiger partial charge in [0.25, 0.3) is 11.8 Å². The molecule has 178 valence electrons. The first-order chi connectivity index (χ1) is 16.9. The zero-order valence-corrected chi connectivity index (χ0v) is 19.9. The minimum Gasteiger partial charge on any atom is -0.497 e. The summed E-state index contributed by atoms with van der Waals surface area (Å²) in [5.41, 5.74) is 3.20. The van der Waals surface area contributed by atoms with E-state index in [0.717, 1.165) is 16.9 Å². The molecule has 2 unspecified atom stereocenters. The van der Waals surface area contributed by atoms with Crippen LogP contribution in [0.2, 0.25) is 0 Å². The van der Waals surface area contributed by atoms with Crippen molar-refractivity contribution in [1.29, 1.82) is 0 Å². The van der Waals surface area contributed by atoms with E-state index >= 15 is 0 Å². The van der Waals surface area contributed by atoms with E-state index in [9.17, 15) is 14.4 Å². The molecule has 0 saturated heterocycles. The summed E-state index contributed by atoms with van der Waals surface area (Å²) in [7, 11) is 1.61. The van der Waals surface area contributed by atoms with Crippen molar-refractivity contribution in [2.45, 2.75) is 26.1 Å². The number of carbonyl (C=O) groups is 3. The summed E-state index contributed by atoms with van der Waals surface area (Å²) in [6, 6.07) is 21.7. The van der Waals surface area contributed by atoms with Crippen LogP contribution < -0.4 is 15.0 Å². The van der Waals surface area contributed by atoms with Gasteiger partial charge in [-0.05, 0) is 41.8 Å². The van der Waals surface area contributed by atoms with E-state index in [1.54, 1.807) is 36.3 Å². The Morgan fingerprint density at radius 3 is 2.26 bits per heavy atom. The number of hydrogen-bond donors (Lipinski definition) is 1. The van der Waals surface area contributed by atoms with Crippen LogP contribution in [-0.4, -0.2) is 36.3 Å². The lowest BCUT2D eigenvalue weighted by molar-refractivity contribution is -0.123. The average Bonchev–Trinajstić information content (AvgIpc) is 3.17. The van der Waals surface area contributed by atoms with Gasteiger partial charge in [0.05, 0.1) is 24.4 Å². The van der Waals surface area contributed by atoms with E-state index in [4.69, 9.17) is 4.74 Å². The Bertz CT molecular complexity index is 1300. The molecule has 2 aliphatic heterocycles. The number of anilines is 1. The third kappa shape index (κ3) is 3.83. The fourth-order valence-electron chi connectivity index (χ4n) is 4.95. The van der Waals surface area contributed by atoms with Gasteiger partial charge in [-0.25, -0.2) is 0 Å². The van der Waals surface area contributed by atoms with Crippen LogP contribution in [0.4, 0.5) is 5.69 Å². The molecule has 1 N–H and O–H groups in total. The summed E-state index contributed by atoms with van der Waals surface area (Å²) in [6.45, 7) is 3.89. The largest absolute Gasteiger partial charge is 0.497 e. The van der Waals surface area contributed by atoms with Gasteiger partial charge >= 0.3 is 0 Å². The van der Waals surface area contributed by atoms with Crippen molar-refractivity contribution in [3.8, 4) is 5.75 Å². The molecule has 0 aliphatic carbocycles. The normalized spacial score (nSPS) is 17.1. The monoisotopic (exact) mass is 469 g/mol. The van der Waals surface area contributed by atoms with Crippen molar-refractivity contribution in [2.75, 3.05) is 18.6 Å². The second-order valence-electron chi connectivity index (χ2n) is 9.15. The molecule has 7 nitrogen and oxygen atoms in total. The molecule has 0 radical (unpaired) electrons. The maximum Gasteiger partial charge on any atom is 0.260 e. The molecular formula is C28H27N3O4. The van der Waals surface area contributed by atoms with E-state index < -0.39 is 6.17 Å². The smallest absolute Gasteiger partial charge is 0.260 e. The molecule has 0 bridgehead atoms. The maximum absolute atomic E-state index is 13.6. The van der Waals surface area contributed by atoms with Gasteiger partial charge in [-0.3, -0.25) is 19.3 Å². The molecule has 7 heteroatoms. The fourth-order valence-corrected chi connectivity index (χ4v) is 4.95. The summed E-state index contributed by atoms with van der Waals surface area (Å²) in [5.74, 6) is 0.130. The molecule has 3 amide bonds. The van der Waals surface area contributed by atoms with Gasteiger partial charge in [-0.15, -0.1) is 0 Å². The Morgan fingerprint density at radius 1 is 0.914 bits per heavy atom. The first-order valence-electron chi connectivity index (χ1n) is 11.7. The molecular weight excluding hydrogens is 442 g/mol. The predicted molar refractivity (Wildman–Crippen MR) is 132 cm³/mol. The topological polar surface area (TPSA) is 79.0 Å². The standard InChI is InChI=1S/C28H27N3O4/c1-17(2)25(18-12-14-19(35-3)15-13-18)29-24(32)16-30-26-20-8-4-5-9-21(20)28(34)31(26)23-11-7-6-10-22(23)27(30)33/h4-15,17,25-26H,16H2,1-3H3,(H,29,32). The van der Waals surface area contributed by atoms with Crippen LogP contribution in [0.5, 0.6) is 5.75 Å². The molecule has 0 fully saturated rings. The van der Waals surface area contributed by atoms with Gasteiger partial charge in [0.2, 0.25) is 5.91 Å². The van der Waals surface area contributed by atoms with Gasteiger partial charge in [0.1, 0.15) is 18.5 Å². The number of nitrogens with zero attached hydrogens (tertiary/aromatic N) is 2. The van der Waals surface area contributed by atoms with Crippen molar-refractivity contribution < 1.29 is 19.1 Å². The Hall–Kier alpha value is -4.13. The van der Waals surface area contributed by atoms with Crippen LogP contribution >= 0.6 is 0 Å². The van der Waals surface area contributed by atoms with Crippen LogP contribution in [0, 0.1) is 5.92 Å². The Labute approximate surface area is 204 Å². The highest BCUT2D eigenvalue weighted by Gasteiger charge is 2.48. The number of nitrogens with one attached hydrogen (secondary N) is 1. The van der Waals surface area contributed by atoms with Crippen molar-refractivity contribution in [1.82, 2.24) is 10.2 Å². The molecule has 2 aliphatic rings. The minimum atomic E-state index is -0.662. The minimum absolute atomic E-state index is 0.121. The summed E-state index contributed by atoms with van der Waals surface area (Å²) in [5, 5.41) is 3.10. The van der Waals surface area contributed by atoms with E-state index in [2.05, 4.69) is 5.32 Å². The highest BCUT2D eigenvalue weighted by atomic mass is 16.5. The fraction of sp³-hybridized carbons (Fsp3) is 0.250.